The molecule has 11 heterocycles. The lowest BCUT2D eigenvalue weighted by Crippen LogP contribution is -2.49. The van der Waals surface area contributed by atoms with E-state index in [0.717, 1.165) is 11.1 Å². The monoisotopic (exact) mass is 1290 g/mol. The van der Waals surface area contributed by atoms with E-state index in [2.05, 4.69) is 31.0 Å². The average molecular weight is 1290 g/mol. The Morgan fingerprint density at radius 3 is 1.26 bits per heavy atom. The maximum absolute atomic E-state index is 12.6. The van der Waals surface area contributed by atoms with Gasteiger partial charge in [0.1, 0.15) is 65.1 Å². The molecule has 12 unspecified atom stereocenters. The van der Waals surface area contributed by atoms with Crippen molar-refractivity contribution in [3.8, 4) is 0 Å². The summed E-state index contributed by atoms with van der Waals surface area (Å²) in [6, 6.07) is 0. The zero-order chi connectivity index (χ0) is 66.4. The molecular weight excluding hydrogens is 1210 g/mol. The molecule has 5 saturated heterocycles. The molecule has 91 heavy (non-hydrogen) atoms. The molecule has 0 saturated carbocycles. The molecule has 0 radical (unpaired) electrons. The Morgan fingerprint density at radius 1 is 0.462 bits per heavy atom. The lowest BCUT2D eigenvalue weighted by atomic mass is 9.81. The molecular formula is C59H74N4O28. The molecule has 12 atom stereocenters. The SMILES string of the molecule is C.C.CC1(C)OO1.COC(=O)C1=C(C(=O)OC)C2(CNC(=O)CCCC(=O)NCC34C=CC(O3)C(C)=C4C)C=CC1O2.COC(=O)C1=C(C(=O)OC)C2(CNC(=O)CCCC(=O)NCC34OC(C(C)=C3C)C3OC34)OC1C1OC12.O=C=O.O=C=O.O=C=O.O=C=O. The van der Waals surface area contributed by atoms with Gasteiger partial charge in [-0.3, -0.25) is 19.2 Å². The van der Waals surface area contributed by atoms with Crippen LogP contribution in [0.1, 0.15) is 94.9 Å². The van der Waals surface area contributed by atoms with E-state index in [9.17, 15) is 38.4 Å². The van der Waals surface area contributed by atoms with Gasteiger partial charge in [-0.05, 0) is 88.8 Å². The minimum Gasteiger partial charge on any atom is -0.466 e. The van der Waals surface area contributed by atoms with E-state index >= 15 is 0 Å². The maximum atomic E-state index is 12.6. The summed E-state index contributed by atoms with van der Waals surface area (Å²) >= 11 is 0. The van der Waals surface area contributed by atoms with Gasteiger partial charge in [0.15, 0.2) is 0 Å². The quantitative estimate of drug-likeness (QED) is 0.0396. The van der Waals surface area contributed by atoms with Gasteiger partial charge in [0.05, 0.1) is 83.0 Å². The minimum atomic E-state index is -1.31. The second-order valence-corrected chi connectivity index (χ2v) is 21.3. The fourth-order valence-electron chi connectivity index (χ4n) is 11.4. The molecule has 11 aliphatic rings. The highest BCUT2D eigenvalue weighted by molar-refractivity contribution is 6.06. The third-order valence-corrected chi connectivity index (χ3v) is 16.1. The van der Waals surface area contributed by atoms with E-state index in [-0.39, 0.29) is 160 Å². The Labute approximate surface area is 521 Å². The average Bonchev–Trinajstić information content (AvgIpc) is 1.52. The molecule has 32 nitrogen and oxygen atoms in total. The highest BCUT2D eigenvalue weighted by atomic mass is 17.4. The third-order valence-electron chi connectivity index (χ3n) is 16.1. The number of nitrogens with one attached hydrogen (secondary N) is 4. The molecule has 4 amide bonds. The van der Waals surface area contributed by atoms with Gasteiger partial charge in [-0.1, -0.05) is 27.0 Å². The summed E-state index contributed by atoms with van der Waals surface area (Å²) in [6.07, 6.45) is 7.24. The van der Waals surface area contributed by atoms with Crippen LogP contribution < -0.4 is 21.3 Å². The first kappa shape index (κ1) is 76.6. The number of hydrogen-bond acceptors (Lipinski definition) is 28. The first-order chi connectivity index (χ1) is 42.2. The largest absolute Gasteiger partial charge is 0.466 e. The lowest BCUT2D eigenvalue weighted by molar-refractivity contribution is -0.193. The smallest absolute Gasteiger partial charge is 0.373 e. The standard InChI is InChI=1S/C25H30N2O10.C25H30N2O8.C3H6O2.4CO2.2CH4/c1-10-11(2)24(20-18(34-20)16(10)36-24)8-26-12(28)6-5-7-13(29)27-9-25-15(23(31)33-4)14(22(30)32-3)17(37-25)19-21(25)35-19;1-14-15(2)24(10-8-16(14)34-24)12-26-18(28)6-5-7-19(29)27-13-25-11-9-17(35-25)20(22(30)32-3)21(25)23(31)33-4;1-3(2)4-5-3;4*2-1-3;;/h16-21H,5-9H2,1-4H3,(H,26,28)(H,27,29);8-11,16-17H,5-7,12-13H2,1-4H3,(H,26,28)(H,27,29);1-2H3;;;;;2*1H4. The number of esters is 4. The van der Waals surface area contributed by atoms with Crippen LogP contribution in [0, 0.1) is 0 Å². The number of carbonyl (C=O) groups excluding carboxylic acids is 16. The zero-order valence-corrected chi connectivity index (χ0v) is 49.9. The van der Waals surface area contributed by atoms with Crippen LogP contribution in [0.2, 0.25) is 0 Å². The molecule has 0 aliphatic carbocycles. The predicted octanol–water partition coefficient (Wildman–Crippen LogP) is -0.389. The number of carbonyl (C=O) groups is 8. The number of methoxy groups -OCH3 is 4. The normalized spacial score (nSPS) is 29.4. The molecule has 4 N–H and O–H groups in total. The lowest BCUT2D eigenvalue weighted by Gasteiger charge is -2.28. The molecule has 5 fully saturated rings. The highest BCUT2D eigenvalue weighted by Crippen LogP contribution is 2.59. The van der Waals surface area contributed by atoms with Crippen LogP contribution in [0.5, 0.6) is 0 Å². The van der Waals surface area contributed by atoms with Gasteiger partial charge in [0.2, 0.25) is 29.4 Å². The second kappa shape index (κ2) is 32.4. The predicted molar refractivity (Wildman–Crippen MR) is 294 cm³/mol. The molecule has 32 heteroatoms. The van der Waals surface area contributed by atoms with Gasteiger partial charge in [0, 0.05) is 25.7 Å². The molecule has 11 aliphatic heterocycles. The number of fused-ring (bicyclic) bond motifs is 14. The summed E-state index contributed by atoms with van der Waals surface area (Å²) in [6.45, 7) is 12.4. The van der Waals surface area contributed by atoms with Crippen LogP contribution in [0.15, 0.2) is 68.9 Å². The molecule has 0 aromatic heterocycles. The van der Waals surface area contributed by atoms with Crippen molar-refractivity contribution in [1.29, 1.82) is 0 Å². The Hall–Kier alpha value is -8.60. The highest BCUT2D eigenvalue weighted by Gasteiger charge is 2.76. The second-order valence-electron chi connectivity index (χ2n) is 21.3. The van der Waals surface area contributed by atoms with Gasteiger partial charge in [-0.2, -0.15) is 48.1 Å². The van der Waals surface area contributed by atoms with E-state index in [0.29, 0.717) is 25.9 Å². The Kier molecular flexibility index (Phi) is 27.3. The number of amides is 4. The summed E-state index contributed by atoms with van der Waals surface area (Å²) in [4.78, 5) is 173. The van der Waals surface area contributed by atoms with Crippen molar-refractivity contribution in [3.63, 3.8) is 0 Å². The first-order valence-electron chi connectivity index (χ1n) is 27.2. The van der Waals surface area contributed by atoms with Crippen LogP contribution in [-0.2, 0) is 134 Å². The van der Waals surface area contributed by atoms with Gasteiger partial charge in [-0.25, -0.2) is 19.2 Å². The fourth-order valence-corrected chi connectivity index (χ4v) is 11.4. The number of rotatable bonds is 20. The molecule has 498 valence electrons. The summed E-state index contributed by atoms with van der Waals surface area (Å²) in [5, 5.41) is 11.3. The van der Waals surface area contributed by atoms with Crippen molar-refractivity contribution in [2.45, 2.75) is 172 Å². The van der Waals surface area contributed by atoms with E-state index in [1.807, 2.05) is 53.7 Å². The van der Waals surface area contributed by atoms with Crippen LogP contribution in [-0.4, -0.2) is 204 Å². The van der Waals surface area contributed by atoms with E-state index in [1.165, 1.54) is 39.6 Å². The van der Waals surface area contributed by atoms with Crippen LogP contribution in [0.4, 0.5) is 0 Å². The molecule has 0 aromatic carbocycles. The number of epoxide rings is 2. The van der Waals surface area contributed by atoms with Crippen molar-refractivity contribution in [1.82, 2.24) is 21.3 Å². The van der Waals surface area contributed by atoms with Gasteiger partial charge in [0.25, 0.3) is 0 Å². The Balaban J connectivity index is 0.000000373. The van der Waals surface area contributed by atoms with E-state index in [1.54, 1.807) is 12.2 Å². The van der Waals surface area contributed by atoms with Gasteiger partial charge >= 0.3 is 48.5 Å². The summed E-state index contributed by atoms with van der Waals surface area (Å²) < 4.78 is 54.7. The van der Waals surface area contributed by atoms with E-state index < -0.39 is 64.6 Å². The van der Waals surface area contributed by atoms with Crippen LogP contribution >= 0.6 is 0 Å². The number of ether oxygens (including phenoxy) is 10. The van der Waals surface area contributed by atoms with Crippen molar-refractivity contribution < 1.29 is 134 Å². The van der Waals surface area contributed by atoms with Gasteiger partial charge in [-0.15, -0.1) is 0 Å². The first-order valence-corrected chi connectivity index (χ1v) is 27.2. The Bertz CT molecular complexity index is 3100. The Morgan fingerprint density at radius 2 is 0.824 bits per heavy atom. The van der Waals surface area contributed by atoms with Crippen LogP contribution in [0.3, 0.4) is 0 Å². The maximum Gasteiger partial charge on any atom is 0.373 e. The fraction of sp³-hybridized carbons (Fsp3) is 0.593. The van der Waals surface area contributed by atoms with Crippen molar-refractivity contribution in [2.24, 2.45) is 0 Å². The van der Waals surface area contributed by atoms with E-state index in [4.69, 9.17) is 85.7 Å². The van der Waals surface area contributed by atoms with Crippen LogP contribution in [0.25, 0.3) is 0 Å². The topological polar surface area (TPSA) is 445 Å². The minimum absolute atomic E-state index is 0. The van der Waals surface area contributed by atoms with Crippen molar-refractivity contribution in [2.75, 3.05) is 54.6 Å². The summed E-state index contributed by atoms with van der Waals surface area (Å²) in [5.41, 5.74) is 1.02. The molecule has 0 aromatic rings. The number of hydrogen-bond donors (Lipinski definition) is 4. The molecule has 8 bridgehead atoms. The summed E-state index contributed by atoms with van der Waals surface area (Å²) in [5.74, 6) is -4.05. The van der Waals surface area contributed by atoms with Crippen molar-refractivity contribution in [3.05, 3.63) is 68.9 Å². The van der Waals surface area contributed by atoms with Crippen molar-refractivity contribution >= 4 is 72.1 Å². The molecule has 11 rings (SSSR count). The summed E-state index contributed by atoms with van der Waals surface area (Å²) in [7, 11) is 4.84. The zero-order valence-electron chi connectivity index (χ0n) is 49.9. The third kappa shape index (κ3) is 16.5. The van der Waals surface area contributed by atoms with Gasteiger partial charge < -0.3 is 68.6 Å². The molecule has 0 spiro atoms.